The molecule has 0 spiro atoms. The number of guanidine groups is 1. The lowest BCUT2D eigenvalue weighted by atomic mass is 10.1. The Morgan fingerprint density at radius 1 is 1.41 bits per heavy atom. The quantitative estimate of drug-likeness (QED) is 0.469. The molecule has 1 aliphatic heterocycles. The number of nitrogens with zero attached hydrogens (tertiary/aromatic N) is 2. The van der Waals surface area contributed by atoms with Gasteiger partial charge in [-0.1, -0.05) is 26.0 Å². The number of carbonyl (C=O) groups is 1. The Hall–Kier alpha value is -2.12. The maximum absolute atomic E-state index is 11.3. The molecule has 1 heterocycles. The number of amides is 1. The van der Waals surface area contributed by atoms with Crippen molar-refractivity contribution in [2.24, 2.45) is 16.6 Å². The first kappa shape index (κ1) is 21.2. The van der Waals surface area contributed by atoms with Crippen molar-refractivity contribution in [2.75, 3.05) is 39.3 Å². The fraction of sp³-hybridized carbons (Fsp3) is 0.600. The van der Waals surface area contributed by atoms with Gasteiger partial charge in [-0.25, -0.2) is 4.99 Å². The van der Waals surface area contributed by atoms with Crippen molar-refractivity contribution >= 4 is 11.9 Å². The molecule has 1 aromatic carbocycles. The molecular formula is C20H33N5O2. The van der Waals surface area contributed by atoms with Crippen LogP contribution < -0.4 is 16.4 Å². The molecule has 1 amide bonds. The highest BCUT2D eigenvalue weighted by Crippen LogP contribution is 2.08. The summed E-state index contributed by atoms with van der Waals surface area (Å²) in [6.45, 7) is 12.3. The highest BCUT2D eigenvalue weighted by molar-refractivity contribution is 5.92. The number of carbonyl (C=O) groups excluding carboxylic acids is 1. The molecule has 1 saturated heterocycles. The van der Waals surface area contributed by atoms with Gasteiger partial charge in [0.2, 0.25) is 5.91 Å². The lowest BCUT2D eigenvalue weighted by Crippen LogP contribution is -2.50. The topological polar surface area (TPSA) is 92.0 Å². The van der Waals surface area contributed by atoms with E-state index >= 15 is 0 Å². The first-order valence-electron chi connectivity index (χ1n) is 9.72. The third kappa shape index (κ3) is 7.56. The summed E-state index contributed by atoms with van der Waals surface area (Å²) in [5.74, 6) is 0.976. The van der Waals surface area contributed by atoms with Gasteiger partial charge in [-0.05, 0) is 30.5 Å². The predicted molar refractivity (Wildman–Crippen MR) is 109 cm³/mol. The largest absolute Gasteiger partial charge is 0.374 e. The molecule has 0 bridgehead atoms. The normalized spacial score (nSPS) is 18.5. The van der Waals surface area contributed by atoms with E-state index in [2.05, 4.69) is 34.4 Å². The van der Waals surface area contributed by atoms with E-state index in [1.165, 1.54) is 0 Å². The fourth-order valence-electron chi connectivity index (χ4n) is 3.13. The van der Waals surface area contributed by atoms with Gasteiger partial charge in [0, 0.05) is 38.3 Å². The van der Waals surface area contributed by atoms with Crippen molar-refractivity contribution in [3.63, 3.8) is 0 Å². The third-order valence-electron chi connectivity index (χ3n) is 4.32. The molecule has 27 heavy (non-hydrogen) atoms. The Kier molecular flexibility index (Phi) is 8.54. The second-order valence-electron chi connectivity index (χ2n) is 7.29. The molecule has 1 fully saturated rings. The summed E-state index contributed by atoms with van der Waals surface area (Å²) in [5.41, 5.74) is 6.79. The summed E-state index contributed by atoms with van der Waals surface area (Å²) in [7, 11) is 0. The average Bonchev–Trinajstić information content (AvgIpc) is 2.64. The molecule has 0 saturated carbocycles. The Bertz CT molecular complexity index is 633. The number of nitrogens with one attached hydrogen (secondary N) is 2. The van der Waals surface area contributed by atoms with Gasteiger partial charge < -0.3 is 21.1 Å². The molecule has 2 rings (SSSR count). The number of morpholine rings is 1. The van der Waals surface area contributed by atoms with Crippen LogP contribution in [0.25, 0.3) is 0 Å². The van der Waals surface area contributed by atoms with Gasteiger partial charge >= 0.3 is 0 Å². The van der Waals surface area contributed by atoms with Crippen molar-refractivity contribution < 1.29 is 9.53 Å². The molecule has 0 radical (unpaired) electrons. The van der Waals surface area contributed by atoms with Crippen LogP contribution in [0.2, 0.25) is 0 Å². The lowest BCUT2D eigenvalue weighted by molar-refractivity contribution is -0.0284. The molecule has 7 heteroatoms. The molecule has 150 valence electrons. The first-order chi connectivity index (χ1) is 13.0. The van der Waals surface area contributed by atoms with E-state index in [0.29, 0.717) is 24.6 Å². The number of primary amides is 1. The molecule has 4 N–H and O–H groups in total. The maximum atomic E-state index is 11.3. The third-order valence-corrected chi connectivity index (χ3v) is 4.32. The molecule has 0 aromatic heterocycles. The van der Waals surface area contributed by atoms with E-state index in [-0.39, 0.29) is 6.10 Å². The van der Waals surface area contributed by atoms with E-state index in [0.717, 1.165) is 44.3 Å². The van der Waals surface area contributed by atoms with E-state index < -0.39 is 5.91 Å². The van der Waals surface area contributed by atoms with E-state index in [4.69, 9.17) is 10.5 Å². The zero-order chi connectivity index (χ0) is 19.6. The highest BCUT2D eigenvalue weighted by Gasteiger charge is 2.21. The van der Waals surface area contributed by atoms with Crippen LogP contribution >= 0.6 is 0 Å². The summed E-state index contributed by atoms with van der Waals surface area (Å²) in [6, 6.07) is 7.25. The van der Waals surface area contributed by atoms with Crippen LogP contribution in [0.5, 0.6) is 0 Å². The van der Waals surface area contributed by atoms with Gasteiger partial charge in [0.25, 0.3) is 0 Å². The number of nitrogens with two attached hydrogens (primary N) is 1. The molecule has 1 atom stereocenters. The maximum Gasteiger partial charge on any atom is 0.248 e. The van der Waals surface area contributed by atoms with Crippen molar-refractivity contribution in [1.29, 1.82) is 0 Å². The SMILES string of the molecule is CCNC(=NCc1cccc(C(N)=O)c1)NCC1CN(CC(C)C)CCO1. The van der Waals surface area contributed by atoms with Gasteiger partial charge in [0.15, 0.2) is 5.96 Å². The van der Waals surface area contributed by atoms with Crippen LogP contribution in [0.1, 0.15) is 36.7 Å². The second kappa shape index (κ2) is 10.9. The minimum Gasteiger partial charge on any atom is -0.374 e. The molecule has 1 aromatic rings. The van der Waals surface area contributed by atoms with E-state index in [1.54, 1.807) is 12.1 Å². The minimum absolute atomic E-state index is 0.152. The van der Waals surface area contributed by atoms with Crippen molar-refractivity contribution in [3.05, 3.63) is 35.4 Å². The van der Waals surface area contributed by atoms with Gasteiger partial charge in [0.1, 0.15) is 0 Å². The van der Waals surface area contributed by atoms with Crippen LogP contribution in [0, 0.1) is 5.92 Å². The molecule has 1 unspecified atom stereocenters. The van der Waals surface area contributed by atoms with Crippen LogP contribution in [-0.4, -0.2) is 62.2 Å². The fourth-order valence-corrected chi connectivity index (χ4v) is 3.13. The van der Waals surface area contributed by atoms with Crippen molar-refractivity contribution in [1.82, 2.24) is 15.5 Å². The molecule has 1 aliphatic rings. The predicted octanol–water partition coefficient (Wildman–Crippen LogP) is 1.20. The summed E-state index contributed by atoms with van der Waals surface area (Å²) in [6.07, 6.45) is 0.152. The smallest absolute Gasteiger partial charge is 0.248 e. The highest BCUT2D eigenvalue weighted by atomic mass is 16.5. The summed E-state index contributed by atoms with van der Waals surface area (Å²) in [5, 5.41) is 6.62. The van der Waals surface area contributed by atoms with Gasteiger partial charge in [0.05, 0.1) is 19.3 Å². The monoisotopic (exact) mass is 375 g/mol. The Balaban J connectivity index is 1.89. The summed E-state index contributed by atoms with van der Waals surface area (Å²) >= 11 is 0. The zero-order valence-electron chi connectivity index (χ0n) is 16.7. The van der Waals surface area contributed by atoms with Gasteiger partial charge in [-0.3, -0.25) is 9.69 Å². The number of hydrogen-bond acceptors (Lipinski definition) is 4. The number of ether oxygens (including phenoxy) is 1. The van der Waals surface area contributed by atoms with Gasteiger partial charge in [-0.2, -0.15) is 0 Å². The first-order valence-corrected chi connectivity index (χ1v) is 9.72. The van der Waals surface area contributed by atoms with Crippen LogP contribution in [-0.2, 0) is 11.3 Å². The summed E-state index contributed by atoms with van der Waals surface area (Å²) < 4.78 is 5.88. The van der Waals surface area contributed by atoms with E-state index in [1.807, 2.05) is 19.1 Å². The van der Waals surface area contributed by atoms with Crippen molar-refractivity contribution in [2.45, 2.75) is 33.4 Å². The standard InChI is InChI=1S/C20H33N5O2/c1-4-22-20(23-11-16-6-5-7-17(10-16)19(21)26)24-12-18-14-25(8-9-27-18)13-15(2)3/h5-7,10,15,18H,4,8-9,11-14H2,1-3H3,(H2,21,26)(H2,22,23,24). The van der Waals surface area contributed by atoms with Crippen molar-refractivity contribution in [3.8, 4) is 0 Å². The average molecular weight is 376 g/mol. The molecular weight excluding hydrogens is 342 g/mol. The zero-order valence-corrected chi connectivity index (χ0v) is 16.7. The Morgan fingerprint density at radius 3 is 2.93 bits per heavy atom. The summed E-state index contributed by atoms with van der Waals surface area (Å²) in [4.78, 5) is 18.4. The number of benzene rings is 1. The van der Waals surface area contributed by atoms with Crippen LogP contribution in [0.3, 0.4) is 0 Å². The number of rotatable bonds is 8. The minimum atomic E-state index is -0.425. The van der Waals surface area contributed by atoms with Gasteiger partial charge in [-0.15, -0.1) is 0 Å². The Labute approximate surface area is 162 Å². The lowest BCUT2D eigenvalue weighted by Gasteiger charge is -2.34. The second-order valence-corrected chi connectivity index (χ2v) is 7.29. The van der Waals surface area contributed by atoms with Crippen LogP contribution in [0.15, 0.2) is 29.3 Å². The van der Waals surface area contributed by atoms with E-state index in [9.17, 15) is 4.79 Å². The van der Waals surface area contributed by atoms with Crippen LogP contribution in [0.4, 0.5) is 0 Å². The molecule has 0 aliphatic carbocycles. The number of aliphatic imine (C=N–C) groups is 1. The number of hydrogen-bond donors (Lipinski definition) is 3. The Morgan fingerprint density at radius 2 is 2.22 bits per heavy atom. The molecule has 7 nitrogen and oxygen atoms in total.